The molecule has 0 bridgehead atoms. The number of benzene rings is 1. The van der Waals surface area contributed by atoms with Crippen LogP contribution in [0.15, 0.2) is 47.1 Å². The number of nitrogens with zero attached hydrogens (tertiary/aromatic N) is 4. The van der Waals surface area contributed by atoms with Crippen LogP contribution in [-0.4, -0.2) is 30.7 Å². The molecule has 0 fully saturated rings. The van der Waals surface area contributed by atoms with E-state index in [0.717, 1.165) is 11.3 Å². The van der Waals surface area contributed by atoms with Gasteiger partial charge in [0.25, 0.3) is 0 Å². The molecule has 2 rings (SSSR count). The molecule has 0 N–H and O–H groups in total. The molecule has 0 amide bonds. The van der Waals surface area contributed by atoms with Gasteiger partial charge in [0, 0.05) is 26.3 Å². The first-order chi connectivity index (χ1) is 8.63. The minimum absolute atomic E-state index is 0.119. The Morgan fingerprint density at radius 3 is 2.61 bits per heavy atom. The van der Waals surface area contributed by atoms with E-state index in [1.54, 1.807) is 0 Å². The lowest BCUT2D eigenvalue weighted by molar-refractivity contribution is 0.380. The molecule has 0 saturated carbocycles. The van der Waals surface area contributed by atoms with E-state index in [0.29, 0.717) is 11.7 Å². The molecular formula is C13H16N4S. The largest absolute Gasteiger partial charge is 0.378 e. The molecular weight excluding hydrogens is 244 g/mol. The van der Waals surface area contributed by atoms with E-state index in [9.17, 15) is 0 Å². The summed E-state index contributed by atoms with van der Waals surface area (Å²) < 4.78 is 0. The first kappa shape index (κ1) is 12.7. The van der Waals surface area contributed by atoms with E-state index < -0.39 is 0 Å². The van der Waals surface area contributed by atoms with Crippen LogP contribution in [0, 0.1) is 0 Å². The lowest BCUT2D eigenvalue weighted by Crippen LogP contribution is -2.27. The number of anilines is 1. The highest BCUT2D eigenvalue weighted by molar-refractivity contribution is 7.80. The fourth-order valence-corrected chi connectivity index (χ4v) is 2.06. The second kappa shape index (κ2) is 5.27. The Morgan fingerprint density at radius 1 is 1.39 bits per heavy atom. The van der Waals surface area contributed by atoms with Crippen molar-refractivity contribution in [3.8, 4) is 0 Å². The Kier molecular flexibility index (Phi) is 3.72. The van der Waals surface area contributed by atoms with Crippen LogP contribution in [0.1, 0.15) is 11.7 Å². The van der Waals surface area contributed by atoms with Crippen LogP contribution in [0.5, 0.6) is 0 Å². The number of rotatable bonds is 4. The average Bonchev–Trinajstić information content (AvgIpc) is 2.72. The predicted octanol–water partition coefficient (Wildman–Crippen LogP) is 2.99. The highest BCUT2D eigenvalue weighted by Crippen LogP contribution is 2.29. The normalized spacial score (nSPS) is 18.2. The van der Waals surface area contributed by atoms with Gasteiger partial charge in [-0.15, -0.1) is 11.7 Å². The van der Waals surface area contributed by atoms with E-state index in [1.807, 2.05) is 25.1 Å². The molecule has 0 aliphatic carbocycles. The highest BCUT2D eigenvalue weighted by Gasteiger charge is 2.26. The Labute approximate surface area is 113 Å². The van der Waals surface area contributed by atoms with Crippen LogP contribution < -0.4 is 4.90 Å². The summed E-state index contributed by atoms with van der Waals surface area (Å²) in [6.45, 7) is 4.39. The molecule has 1 unspecified atom stereocenters. The standard InChI is InChI=1S/C13H16N4S/c1-4-9-17-12(14-15-13(17)18)10-5-7-11(8-6-10)16(2)3/h4-8,12H,1,9H2,2-3H3. The van der Waals surface area contributed by atoms with Crippen LogP contribution in [-0.2, 0) is 0 Å². The van der Waals surface area contributed by atoms with E-state index in [-0.39, 0.29) is 6.17 Å². The van der Waals surface area contributed by atoms with Crippen molar-refractivity contribution in [2.45, 2.75) is 6.17 Å². The fraction of sp³-hybridized carbons (Fsp3) is 0.308. The first-order valence-electron chi connectivity index (χ1n) is 5.73. The minimum Gasteiger partial charge on any atom is -0.378 e. The van der Waals surface area contributed by atoms with E-state index in [4.69, 9.17) is 12.2 Å². The topological polar surface area (TPSA) is 31.2 Å². The van der Waals surface area contributed by atoms with Crippen LogP contribution in [0.3, 0.4) is 0 Å². The molecule has 1 aromatic rings. The van der Waals surface area contributed by atoms with Crippen molar-refractivity contribution >= 4 is 23.0 Å². The zero-order chi connectivity index (χ0) is 13.1. The smallest absolute Gasteiger partial charge is 0.218 e. The van der Waals surface area contributed by atoms with Crippen molar-refractivity contribution in [1.29, 1.82) is 0 Å². The van der Waals surface area contributed by atoms with Crippen molar-refractivity contribution in [2.24, 2.45) is 10.2 Å². The van der Waals surface area contributed by atoms with Crippen LogP contribution >= 0.6 is 12.2 Å². The van der Waals surface area contributed by atoms with Gasteiger partial charge in [-0.05, 0) is 29.9 Å². The Balaban J connectivity index is 2.22. The summed E-state index contributed by atoms with van der Waals surface area (Å²) in [6, 6.07) is 8.25. The number of thiocarbonyl (C=S) groups is 1. The van der Waals surface area contributed by atoms with Crippen molar-refractivity contribution in [2.75, 3.05) is 25.5 Å². The molecule has 1 atom stereocenters. The van der Waals surface area contributed by atoms with E-state index >= 15 is 0 Å². The summed E-state index contributed by atoms with van der Waals surface area (Å²) in [5.74, 6) is 0. The molecule has 1 aromatic carbocycles. The Morgan fingerprint density at radius 2 is 2.06 bits per heavy atom. The summed E-state index contributed by atoms with van der Waals surface area (Å²) in [5.41, 5.74) is 2.25. The van der Waals surface area contributed by atoms with Gasteiger partial charge in [0.2, 0.25) is 5.11 Å². The average molecular weight is 260 g/mol. The van der Waals surface area contributed by atoms with E-state index in [2.05, 4.69) is 46.0 Å². The Hall–Kier alpha value is -1.75. The molecule has 4 nitrogen and oxygen atoms in total. The van der Waals surface area contributed by atoms with Gasteiger partial charge in [0.05, 0.1) is 0 Å². The third-order valence-electron chi connectivity index (χ3n) is 2.83. The van der Waals surface area contributed by atoms with Crippen LogP contribution in [0.2, 0.25) is 0 Å². The second-order valence-corrected chi connectivity index (χ2v) is 4.66. The SMILES string of the molecule is C=CCN1C(=S)N=NC1c1ccc(N(C)C)cc1. The predicted molar refractivity (Wildman–Crippen MR) is 77.9 cm³/mol. The molecule has 1 aliphatic rings. The third-order valence-corrected chi connectivity index (χ3v) is 3.14. The van der Waals surface area contributed by atoms with Gasteiger partial charge in [-0.3, -0.25) is 0 Å². The maximum atomic E-state index is 5.16. The van der Waals surface area contributed by atoms with Crippen LogP contribution in [0.25, 0.3) is 0 Å². The molecule has 0 saturated heterocycles. The third kappa shape index (κ3) is 2.41. The van der Waals surface area contributed by atoms with Gasteiger partial charge >= 0.3 is 0 Å². The molecule has 0 radical (unpaired) electrons. The quantitative estimate of drug-likeness (QED) is 0.616. The van der Waals surface area contributed by atoms with Crippen molar-refractivity contribution in [3.05, 3.63) is 42.5 Å². The number of azo groups is 1. The van der Waals surface area contributed by atoms with Gasteiger partial charge in [0.15, 0.2) is 6.17 Å². The number of hydrogen-bond acceptors (Lipinski definition) is 3. The second-order valence-electron chi connectivity index (χ2n) is 4.30. The molecule has 0 spiro atoms. The molecule has 94 valence electrons. The van der Waals surface area contributed by atoms with Gasteiger partial charge in [0.1, 0.15) is 0 Å². The Bertz CT molecular complexity index is 478. The lowest BCUT2D eigenvalue weighted by Gasteiger charge is -2.22. The van der Waals surface area contributed by atoms with Gasteiger partial charge in [-0.2, -0.15) is 5.11 Å². The molecule has 0 aromatic heterocycles. The highest BCUT2D eigenvalue weighted by atomic mass is 32.1. The summed E-state index contributed by atoms with van der Waals surface area (Å²) in [6.07, 6.45) is 1.69. The summed E-state index contributed by atoms with van der Waals surface area (Å²) in [4.78, 5) is 4.01. The van der Waals surface area contributed by atoms with Crippen molar-refractivity contribution in [3.63, 3.8) is 0 Å². The summed E-state index contributed by atoms with van der Waals surface area (Å²) in [5, 5.41) is 8.71. The fourth-order valence-electron chi connectivity index (χ4n) is 1.84. The van der Waals surface area contributed by atoms with E-state index in [1.165, 1.54) is 0 Å². The first-order valence-corrected chi connectivity index (χ1v) is 6.14. The van der Waals surface area contributed by atoms with Gasteiger partial charge in [-0.1, -0.05) is 18.2 Å². The van der Waals surface area contributed by atoms with Gasteiger partial charge in [-0.25, -0.2) is 0 Å². The lowest BCUT2D eigenvalue weighted by atomic mass is 10.1. The van der Waals surface area contributed by atoms with Crippen molar-refractivity contribution < 1.29 is 0 Å². The molecule has 1 heterocycles. The van der Waals surface area contributed by atoms with Crippen molar-refractivity contribution in [1.82, 2.24) is 4.90 Å². The van der Waals surface area contributed by atoms with Gasteiger partial charge < -0.3 is 9.80 Å². The zero-order valence-corrected chi connectivity index (χ0v) is 11.4. The molecule has 1 aliphatic heterocycles. The van der Waals surface area contributed by atoms with Crippen LogP contribution in [0.4, 0.5) is 5.69 Å². The summed E-state index contributed by atoms with van der Waals surface area (Å²) in [7, 11) is 4.03. The maximum Gasteiger partial charge on any atom is 0.218 e. The number of hydrogen-bond donors (Lipinski definition) is 0. The monoisotopic (exact) mass is 260 g/mol. The summed E-state index contributed by atoms with van der Waals surface area (Å²) >= 11 is 5.16. The zero-order valence-electron chi connectivity index (χ0n) is 10.6. The molecule has 18 heavy (non-hydrogen) atoms. The minimum atomic E-state index is -0.119. The molecule has 5 heteroatoms. The maximum absolute atomic E-state index is 5.16.